The van der Waals surface area contributed by atoms with Crippen LogP contribution in [0.4, 0.5) is 0 Å². The number of piperidine rings is 1. The Kier molecular flexibility index (Phi) is 4.97. The maximum atomic E-state index is 5.78. The third-order valence-electron chi connectivity index (χ3n) is 3.19. The summed E-state index contributed by atoms with van der Waals surface area (Å²) in [6.07, 6.45) is 7.27. The number of aromatic nitrogens is 2. The predicted molar refractivity (Wildman–Crippen MR) is 66.5 cm³/mol. The Bertz CT molecular complexity index is 293. The third-order valence-corrected chi connectivity index (χ3v) is 3.19. The highest BCUT2D eigenvalue weighted by molar-refractivity contribution is 4.94. The van der Waals surface area contributed by atoms with Crippen molar-refractivity contribution in [2.75, 3.05) is 26.2 Å². The van der Waals surface area contributed by atoms with Gasteiger partial charge >= 0.3 is 0 Å². The van der Waals surface area contributed by atoms with Crippen molar-refractivity contribution in [2.24, 2.45) is 5.73 Å². The Balaban J connectivity index is 1.64. The van der Waals surface area contributed by atoms with E-state index in [4.69, 9.17) is 10.5 Å². The Morgan fingerprint density at radius 3 is 2.94 bits per heavy atom. The van der Waals surface area contributed by atoms with E-state index in [9.17, 15) is 0 Å². The lowest BCUT2D eigenvalue weighted by molar-refractivity contribution is 0.00543. The Labute approximate surface area is 102 Å². The normalized spacial score (nSPS) is 18.6. The second-order valence-corrected chi connectivity index (χ2v) is 4.57. The molecule has 0 amide bonds. The predicted octanol–water partition coefficient (Wildman–Crippen LogP) is 0.739. The molecule has 0 bridgehead atoms. The van der Waals surface area contributed by atoms with Crippen LogP contribution in [0.3, 0.4) is 0 Å². The van der Waals surface area contributed by atoms with Crippen molar-refractivity contribution in [3.05, 3.63) is 18.2 Å². The van der Waals surface area contributed by atoms with Crippen molar-refractivity contribution < 1.29 is 4.74 Å². The van der Waals surface area contributed by atoms with Crippen molar-refractivity contribution in [1.82, 2.24) is 14.9 Å². The minimum atomic E-state index is 0.430. The summed E-state index contributed by atoms with van der Waals surface area (Å²) >= 11 is 0. The van der Waals surface area contributed by atoms with Gasteiger partial charge in [-0.25, -0.2) is 4.98 Å². The third kappa shape index (κ3) is 4.11. The first kappa shape index (κ1) is 12.5. The van der Waals surface area contributed by atoms with Crippen LogP contribution in [0.1, 0.15) is 25.0 Å². The number of hydrogen-bond acceptors (Lipinski definition) is 4. The van der Waals surface area contributed by atoms with Gasteiger partial charge in [-0.15, -0.1) is 0 Å². The number of rotatable bonds is 6. The number of nitrogens with one attached hydrogen (secondary N) is 1. The van der Waals surface area contributed by atoms with Gasteiger partial charge in [-0.1, -0.05) is 0 Å². The van der Waals surface area contributed by atoms with Crippen LogP contribution in [-0.4, -0.2) is 47.2 Å². The monoisotopic (exact) mass is 238 g/mol. The molecule has 1 aliphatic rings. The average Bonchev–Trinajstić information content (AvgIpc) is 2.85. The molecule has 2 rings (SSSR count). The van der Waals surface area contributed by atoms with E-state index in [1.54, 1.807) is 6.33 Å². The van der Waals surface area contributed by atoms with Crippen LogP contribution in [0.5, 0.6) is 0 Å². The lowest BCUT2D eigenvalue weighted by Crippen LogP contribution is -2.36. The highest BCUT2D eigenvalue weighted by Crippen LogP contribution is 2.15. The van der Waals surface area contributed by atoms with E-state index in [-0.39, 0.29) is 0 Å². The molecule has 1 aromatic heterocycles. The first-order chi connectivity index (χ1) is 8.38. The highest BCUT2D eigenvalue weighted by Gasteiger charge is 2.19. The van der Waals surface area contributed by atoms with Crippen molar-refractivity contribution in [3.8, 4) is 0 Å². The second kappa shape index (κ2) is 6.74. The molecule has 0 radical (unpaired) electrons. The fourth-order valence-corrected chi connectivity index (χ4v) is 2.18. The first-order valence-corrected chi connectivity index (χ1v) is 6.40. The molecule has 0 unspecified atom stereocenters. The molecular formula is C12H22N4O. The lowest BCUT2D eigenvalue weighted by Gasteiger charge is -2.31. The van der Waals surface area contributed by atoms with E-state index in [0.29, 0.717) is 6.10 Å². The van der Waals surface area contributed by atoms with Crippen molar-refractivity contribution in [1.29, 1.82) is 0 Å². The Morgan fingerprint density at radius 1 is 1.47 bits per heavy atom. The molecule has 0 aliphatic carbocycles. The van der Waals surface area contributed by atoms with Gasteiger partial charge in [0.15, 0.2) is 0 Å². The number of hydrogen-bond donors (Lipinski definition) is 2. The molecule has 5 heteroatoms. The van der Waals surface area contributed by atoms with Crippen LogP contribution >= 0.6 is 0 Å². The molecular weight excluding hydrogens is 216 g/mol. The zero-order chi connectivity index (χ0) is 11.9. The summed E-state index contributed by atoms with van der Waals surface area (Å²) < 4.78 is 5.78. The van der Waals surface area contributed by atoms with E-state index in [1.165, 1.54) is 5.69 Å². The molecule has 1 aliphatic heterocycles. The maximum absolute atomic E-state index is 5.78. The molecule has 3 N–H and O–H groups in total. The number of aromatic amines is 1. The smallest absolute Gasteiger partial charge is 0.0922 e. The van der Waals surface area contributed by atoms with Crippen LogP contribution in [0.15, 0.2) is 12.5 Å². The summed E-state index contributed by atoms with van der Waals surface area (Å²) in [7, 11) is 0. The zero-order valence-electron chi connectivity index (χ0n) is 10.3. The van der Waals surface area contributed by atoms with E-state index < -0.39 is 0 Å². The van der Waals surface area contributed by atoms with Crippen LogP contribution in [-0.2, 0) is 11.3 Å². The van der Waals surface area contributed by atoms with Crippen LogP contribution < -0.4 is 5.73 Å². The summed E-state index contributed by atoms with van der Waals surface area (Å²) in [5.41, 5.74) is 6.63. The van der Waals surface area contributed by atoms with Crippen molar-refractivity contribution >= 4 is 0 Å². The topological polar surface area (TPSA) is 67.2 Å². The minimum absolute atomic E-state index is 0.430. The minimum Gasteiger partial charge on any atom is -0.378 e. The van der Waals surface area contributed by atoms with Crippen molar-refractivity contribution in [3.63, 3.8) is 0 Å². The SMILES string of the molecule is NCCCOC1CCN(Cc2cnc[nH]2)CC1. The van der Waals surface area contributed by atoms with Gasteiger partial charge < -0.3 is 15.5 Å². The highest BCUT2D eigenvalue weighted by atomic mass is 16.5. The average molecular weight is 238 g/mol. The van der Waals surface area contributed by atoms with Gasteiger partial charge in [0.2, 0.25) is 0 Å². The Hall–Kier alpha value is -0.910. The van der Waals surface area contributed by atoms with Crippen LogP contribution in [0.25, 0.3) is 0 Å². The van der Waals surface area contributed by atoms with Gasteiger partial charge in [0.25, 0.3) is 0 Å². The Morgan fingerprint density at radius 2 is 2.29 bits per heavy atom. The van der Waals surface area contributed by atoms with E-state index in [0.717, 1.165) is 52.0 Å². The van der Waals surface area contributed by atoms with Crippen LogP contribution in [0.2, 0.25) is 0 Å². The first-order valence-electron chi connectivity index (χ1n) is 6.40. The van der Waals surface area contributed by atoms with E-state index in [1.807, 2.05) is 6.20 Å². The molecule has 5 nitrogen and oxygen atoms in total. The number of H-pyrrole nitrogens is 1. The molecule has 1 saturated heterocycles. The number of nitrogens with two attached hydrogens (primary N) is 1. The molecule has 0 saturated carbocycles. The fraction of sp³-hybridized carbons (Fsp3) is 0.750. The zero-order valence-corrected chi connectivity index (χ0v) is 10.3. The van der Waals surface area contributed by atoms with Crippen molar-refractivity contribution in [2.45, 2.75) is 31.9 Å². The summed E-state index contributed by atoms with van der Waals surface area (Å²) in [5, 5.41) is 0. The van der Waals surface area contributed by atoms with Gasteiger partial charge in [0.1, 0.15) is 0 Å². The number of nitrogens with zero attached hydrogens (tertiary/aromatic N) is 2. The molecule has 17 heavy (non-hydrogen) atoms. The second-order valence-electron chi connectivity index (χ2n) is 4.57. The standard InChI is InChI=1S/C12H22N4O/c13-4-1-7-17-12-2-5-16(6-3-12)9-11-8-14-10-15-11/h8,10,12H,1-7,9,13H2,(H,14,15). The van der Waals surface area contributed by atoms with Gasteiger partial charge in [-0.3, -0.25) is 4.90 Å². The molecule has 1 aromatic rings. The lowest BCUT2D eigenvalue weighted by atomic mass is 10.1. The van der Waals surface area contributed by atoms with Gasteiger partial charge in [-0.05, 0) is 25.8 Å². The maximum Gasteiger partial charge on any atom is 0.0922 e. The molecule has 1 fully saturated rings. The summed E-state index contributed by atoms with van der Waals surface area (Å²) in [6, 6.07) is 0. The molecule has 0 spiro atoms. The number of ether oxygens (including phenoxy) is 1. The molecule has 0 aromatic carbocycles. The largest absolute Gasteiger partial charge is 0.378 e. The van der Waals surface area contributed by atoms with E-state index in [2.05, 4.69) is 14.9 Å². The summed E-state index contributed by atoms with van der Waals surface area (Å²) in [5.74, 6) is 0. The quantitative estimate of drug-likeness (QED) is 0.717. The molecule has 0 atom stereocenters. The molecule has 96 valence electrons. The number of imidazole rings is 1. The summed E-state index contributed by atoms with van der Waals surface area (Å²) in [6.45, 7) is 4.70. The van der Waals surface area contributed by atoms with Gasteiger partial charge in [0, 0.05) is 38.1 Å². The molecule has 2 heterocycles. The van der Waals surface area contributed by atoms with E-state index >= 15 is 0 Å². The summed E-state index contributed by atoms with van der Waals surface area (Å²) in [4.78, 5) is 9.61. The van der Waals surface area contributed by atoms with Gasteiger partial charge in [-0.2, -0.15) is 0 Å². The number of likely N-dealkylation sites (tertiary alicyclic amines) is 1. The van der Waals surface area contributed by atoms with Gasteiger partial charge in [0.05, 0.1) is 12.4 Å². The van der Waals surface area contributed by atoms with Crippen LogP contribution in [0, 0.1) is 0 Å². The fourth-order valence-electron chi connectivity index (χ4n) is 2.18.